The highest BCUT2D eigenvalue weighted by Crippen LogP contribution is 2.47. The third-order valence-electron chi connectivity index (χ3n) is 20.8. The zero-order valence-electron chi connectivity index (χ0n) is 54.1. The van der Waals surface area contributed by atoms with E-state index >= 15 is 0 Å². The van der Waals surface area contributed by atoms with Crippen LogP contribution in [-0.4, -0.2) is 18.3 Å². The Morgan fingerprint density at radius 3 is 1.02 bits per heavy atom. The number of hydrogen-bond donors (Lipinski definition) is 0. The second kappa shape index (κ2) is 22.1. The molecule has 0 amide bonds. The molecule has 22 aromatic rings. The summed E-state index contributed by atoms with van der Waals surface area (Å²) in [4.78, 5) is 0. The molecule has 0 aliphatic carbocycles. The summed E-state index contributed by atoms with van der Waals surface area (Å²) in [6.07, 6.45) is 0. The molecule has 6 nitrogen and oxygen atoms in total. The maximum Gasteiger partial charge on any atom is 0.160 e. The molecule has 0 N–H and O–H groups in total. The van der Waals surface area contributed by atoms with Crippen molar-refractivity contribution in [1.29, 1.82) is 0 Å². The summed E-state index contributed by atoms with van der Waals surface area (Å²) in [6, 6.07) is 127. The molecule has 100 heavy (non-hydrogen) atoms. The van der Waals surface area contributed by atoms with Gasteiger partial charge in [0.1, 0.15) is 11.2 Å². The Labute approximate surface area is 573 Å². The number of rotatable bonds is 7. The molecule has 6 heterocycles. The van der Waals surface area contributed by atoms with Crippen molar-refractivity contribution in [2.24, 2.45) is 0 Å². The minimum absolute atomic E-state index is 0.905. The second-order valence-corrected chi connectivity index (χ2v) is 26.3. The average Bonchev–Trinajstić information content (AvgIpc) is 1.55. The summed E-state index contributed by atoms with van der Waals surface area (Å²) in [6.45, 7) is 0. The molecule has 6 aromatic heterocycles. The number of furan rings is 2. The molecule has 0 aliphatic heterocycles. The van der Waals surface area contributed by atoms with Gasteiger partial charge in [-0.05, 0) is 165 Å². The third-order valence-corrected chi connectivity index (χ3v) is 20.8. The highest BCUT2D eigenvalue weighted by molar-refractivity contribution is 6.27. The van der Waals surface area contributed by atoms with E-state index in [0.717, 1.165) is 88.7 Å². The van der Waals surface area contributed by atoms with E-state index in [4.69, 9.17) is 8.83 Å². The summed E-state index contributed by atoms with van der Waals surface area (Å²) in [5.41, 5.74) is 24.6. The molecule has 22 rings (SSSR count). The van der Waals surface area contributed by atoms with E-state index in [0.29, 0.717) is 0 Å². The van der Waals surface area contributed by atoms with Crippen LogP contribution in [0, 0.1) is 0 Å². The second-order valence-electron chi connectivity index (χ2n) is 26.3. The smallest absolute Gasteiger partial charge is 0.160 e. The summed E-state index contributed by atoms with van der Waals surface area (Å²) >= 11 is 0. The van der Waals surface area contributed by atoms with Gasteiger partial charge in [-0.3, -0.25) is 0 Å². The average molecular weight is 1280 g/mol. The van der Waals surface area contributed by atoms with Gasteiger partial charge in [0.05, 0.1) is 44.1 Å². The Morgan fingerprint density at radius 1 is 0.170 bits per heavy atom. The van der Waals surface area contributed by atoms with Crippen LogP contribution < -0.4 is 0 Å². The zero-order chi connectivity index (χ0) is 65.5. The van der Waals surface area contributed by atoms with E-state index < -0.39 is 0 Å². The van der Waals surface area contributed by atoms with Crippen LogP contribution in [0.15, 0.2) is 361 Å². The van der Waals surface area contributed by atoms with Crippen LogP contribution in [-0.2, 0) is 0 Å². The Morgan fingerprint density at radius 2 is 0.520 bits per heavy atom. The molecule has 0 unspecified atom stereocenters. The van der Waals surface area contributed by atoms with Crippen LogP contribution in [0.1, 0.15) is 0 Å². The monoisotopic (exact) mass is 1270 g/mol. The van der Waals surface area contributed by atoms with Gasteiger partial charge in [-0.1, -0.05) is 231 Å². The Bertz CT molecular complexity index is 7050. The number of fused-ring (bicyclic) bond motifs is 21. The van der Waals surface area contributed by atoms with Crippen molar-refractivity contribution < 1.29 is 8.83 Å². The predicted octanol–water partition coefficient (Wildman–Crippen LogP) is 25.7. The van der Waals surface area contributed by atoms with Crippen LogP contribution >= 0.6 is 0 Å². The molecule has 0 saturated heterocycles. The molecular weight excluding hydrogens is 1220 g/mol. The molecule has 16 aromatic carbocycles. The van der Waals surface area contributed by atoms with Gasteiger partial charge in [-0.2, -0.15) is 0 Å². The van der Waals surface area contributed by atoms with Crippen LogP contribution in [0.2, 0.25) is 0 Å². The fraction of sp³-hybridized carbons (Fsp3) is 0. The van der Waals surface area contributed by atoms with Crippen molar-refractivity contribution in [3.63, 3.8) is 0 Å². The van der Waals surface area contributed by atoms with Crippen LogP contribution in [0.5, 0.6) is 0 Å². The van der Waals surface area contributed by atoms with E-state index in [1.807, 2.05) is 12.1 Å². The van der Waals surface area contributed by atoms with Gasteiger partial charge in [0.2, 0.25) is 0 Å². The first-order valence-electron chi connectivity index (χ1n) is 34.2. The lowest BCUT2D eigenvalue weighted by atomic mass is 9.99. The molecule has 0 saturated carbocycles. The predicted molar refractivity (Wildman–Crippen MR) is 419 cm³/mol. The first-order chi connectivity index (χ1) is 49.6. The molecule has 6 heteroatoms. The van der Waals surface area contributed by atoms with E-state index in [9.17, 15) is 0 Å². The number of nitrogens with zero attached hydrogens (tertiary/aromatic N) is 4. The molecule has 0 fully saturated rings. The Kier molecular flexibility index (Phi) is 12.3. The van der Waals surface area contributed by atoms with E-state index in [2.05, 4.69) is 358 Å². The lowest BCUT2D eigenvalue weighted by Gasteiger charge is -2.11. The number of aromatic nitrogens is 4. The van der Waals surface area contributed by atoms with Crippen molar-refractivity contribution in [1.82, 2.24) is 18.3 Å². The van der Waals surface area contributed by atoms with Gasteiger partial charge in [-0.15, -0.1) is 0 Å². The molecule has 0 spiro atoms. The summed E-state index contributed by atoms with van der Waals surface area (Å²) in [5.74, 6) is 0. The molecule has 0 radical (unpaired) electrons. The van der Waals surface area contributed by atoms with Gasteiger partial charge >= 0.3 is 0 Å². The molecule has 0 atom stereocenters. The summed E-state index contributed by atoms with van der Waals surface area (Å²) in [7, 11) is 0. The lowest BCUT2D eigenvalue weighted by molar-refractivity contribution is 0.670. The maximum atomic E-state index is 6.65. The zero-order valence-corrected chi connectivity index (χ0v) is 54.1. The summed E-state index contributed by atoms with van der Waals surface area (Å²) in [5, 5.41) is 16.8. The third kappa shape index (κ3) is 8.57. The van der Waals surface area contributed by atoms with Crippen molar-refractivity contribution in [2.45, 2.75) is 0 Å². The van der Waals surface area contributed by atoms with Gasteiger partial charge < -0.3 is 27.1 Å². The lowest BCUT2D eigenvalue weighted by Crippen LogP contribution is -1.96. The fourth-order valence-electron chi connectivity index (χ4n) is 16.2. The van der Waals surface area contributed by atoms with E-state index in [1.165, 1.54) is 109 Å². The minimum atomic E-state index is 0.905. The van der Waals surface area contributed by atoms with Crippen LogP contribution in [0.3, 0.4) is 0 Å². The maximum absolute atomic E-state index is 6.65. The highest BCUT2D eigenvalue weighted by Gasteiger charge is 2.25. The first kappa shape index (κ1) is 55.8. The topological polar surface area (TPSA) is 46.0 Å². The van der Waals surface area contributed by atoms with Gasteiger partial charge in [0.25, 0.3) is 0 Å². The van der Waals surface area contributed by atoms with Gasteiger partial charge in [0.15, 0.2) is 11.2 Å². The number of hydrogen-bond acceptors (Lipinski definition) is 2. The molecule has 466 valence electrons. The van der Waals surface area contributed by atoms with Crippen molar-refractivity contribution >= 4 is 142 Å². The standard InChI is InChI=1S/C48H30N2O.C46H28N2O/c1-3-12-31(13-4-1)33-14-11-15-34(28-33)32-22-24-36(25-23-32)49-43-20-9-7-18-37(43)41-29-42-39-26-27-40-38-19-8-10-21-46(38)51-48(40)47(39)50(45(42)30-44(41)49)35-16-5-2-6-17-35;1-2-12-33(13-3-1)48-43-28-42-39(27-40(43)37-24-25-38-36-15-7-9-17-44(36)49-46(38)45(37)48)35-14-6-8-16-41(35)47(42)34-22-20-30(21-23-34)32-19-18-29-10-4-5-11-31(29)26-32/h1-30H;1-28H. The van der Waals surface area contributed by atoms with E-state index in [1.54, 1.807) is 0 Å². The minimum Gasteiger partial charge on any atom is -0.454 e. The molecular formula is C94H58N4O2. The normalized spacial score (nSPS) is 12.0. The molecule has 0 aliphatic rings. The SMILES string of the molecule is c1ccc(-c2cccc(-c3ccc(-n4c5ccccc5c5cc6c7ccc8c9ccccc9oc8c7n(-c7ccccc7)c6cc54)cc3)c2)cc1.c1ccc(-n2c3cc4c(cc3c3ccc5c6ccccc6oc5c32)c2ccccc2n4-c2ccc(-c3ccc4ccccc4c3)cc2)cc1. The summed E-state index contributed by atoms with van der Waals surface area (Å²) < 4.78 is 22.9. The highest BCUT2D eigenvalue weighted by atomic mass is 16.3. The first-order valence-corrected chi connectivity index (χ1v) is 34.2. The Hall–Kier alpha value is -13.4. The van der Waals surface area contributed by atoms with Crippen molar-refractivity contribution in [2.75, 3.05) is 0 Å². The van der Waals surface area contributed by atoms with Crippen LogP contribution in [0.4, 0.5) is 0 Å². The quantitative estimate of drug-likeness (QED) is 0.160. The van der Waals surface area contributed by atoms with Gasteiger partial charge in [-0.25, -0.2) is 0 Å². The number of benzene rings is 16. The largest absolute Gasteiger partial charge is 0.454 e. The number of para-hydroxylation sites is 6. The van der Waals surface area contributed by atoms with E-state index in [-0.39, 0.29) is 0 Å². The Balaban J connectivity index is 0.000000131. The van der Waals surface area contributed by atoms with Crippen molar-refractivity contribution in [3.05, 3.63) is 352 Å². The van der Waals surface area contributed by atoms with Crippen molar-refractivity contribution in [3.8, 4) is 56.1 Å². The van der Waals surface area contributed by atoms with Crippen LogP contribution in [0.25, 0.3) is 198 Å². The van der Waals surface area contributed by atoms with Gasteiger partial charge in [0, 0.05) is 87.4 Å². The fourth-order valence-corrected chi connectivity index (χ4v) is 16.2. The molecule has 0 bridgehead atoms.